The lowest BCUT2D eigenvalue weighted by Gasteiger charge is -2.28. The predicted octanol–water partition coefficient (Wildman–Crippen LogP) is 10.3. The van der Waals surface area contributed by atoms with Crippen LogP contribution < -0.4 is 5.32 Å². The molecule has 0 bridgehead atoms. The third-order valence-corrected chi connectivity index (χ3v) is 8.33. The summed E-state index contributed by atoms with van der Waals surface area (Å²) >= 11 is 0. The number of anilines is 1. The fraction of sp³-hybridized carbons (Fsp3) is 0.0250. The van der Waals surface area contributed by atoms with Crippen LogP contribution in [0, 0.1) is 0 Å². The molecule has 7 aromatic rings. The van der Waals surface area contributed by atoms with Gasteiger partial charge in [0.25, 0.3) is 0 Å². The molecule has 8 rings (SSSR count). The van der Waals surface area contributed by atoms with Gasteiger partial charge in [0.1, 0.15) is 0 Å². The lowest BCUT2D eigenvalue weighted by molar-refractivity contribution is 0.976. The van der Waals surface area contributed by atoms with Crippen molar-refractivity contribution in [2.75, 3.05) is 5.32 Å². The number of hydrogen-bond donors (Lipinski definition) is 1. The van der Waals surface area contributed by atoms with Gasteiger partial charge in [0.15, 0.2) is 0 Å². The van der Waals surface area contributed by atoms with Gasteiger partial charge in [-0.15, -0.1) is 0 Å². The van der Waals surface area contributed by atoms with Crippen LogP contribution in [-0.2, 0) is 0 Å². The van der Waals surface area contributed by atoms with Gasteiger partial charge in [0, 0.05) is 28.4 Å². The molecule has 6 aromatic carbocycles. The summed E-state index contributed by atoms with van der Waals surface area (Å²) in [7, 11) is 0. The molecular weight excluding hydrogens is 508 g/mol. The summed E-state index contributed by atoms with van der Waals surface area (Å²) in [6, 6.07) is 52.2. The van der Waals surface area contributed by atoms with E-state index in [1.165, 1.54) is 49.7 Å². The molecule has 1 aliphatic rings. The minimum atomic E-state index is 0.0464. The van der Waals surface area contributed by atoms with Gasteiger partial charge in [-0.2, -0.15) is 0 Å². The zero-order valence-corrected chi connectivity index (χ0v) is 23.0. The lowest BCUT2D eigenvalue weighted by Crippen LogP contribution is -2.15. The summed E-state index contributed by atoms with van der Waals surface area (Å²) in [6.45, 7) is 0. The van der Waals surface area contributed by atoms with Gasteiger partial charge < -0.3 is 5.32 Å². The summed E-state index contributed by atoms with van der Waals surface area (Å²) in [4.78, 5) is 4.68. The van der Waals surface area contributed by atoms with Gasteiger partial charge in [-0.05, 0) is 68.4 Å². The Bertz CT molecular complexity index is 2100. The van der Waals surface area contributed by atoms with Crippen molar-refractivity contribution >= 4 is 32.9 Å². The average Bonchev–Trinajstić information content (AvgIpc) is 3.07. The molecular formula is C40H28N2. The topological polar surface area (TPSA) is 24.9 Å². The van der Waals surface area contributed by atoms with Crippen LogP contribution in [0.1, 0.15) is 22.7 Å². The normalized spacial score (nSPS) is 14.3. The fourth-order valence-corrected chi connectivity index (χ4v) is 6.17. The first-order valence-corrected chi connectivity index (χ1v) is 14.4. The van der Waals surface area contributed by atoms with Crippen molar-refractivity contribution in [1.29, 1.82) is 0 Å². The van der Waals surface area contributed by atoms with E-state index >= 15 is 0 Å². The summed E-state index contributed by atoms with van der Waals surface area (Å²) in [5.74, 6) is 0. The molecule has 1 unspecified atom stereocenters. The van der Waals surface area contributed by atoms with Crippen LogP contribution in [0.25, 0.3) is 49.5 Å². The summed E-state index contributed by atoms with van der Waals surface area (Å²) in [5, 5.41) is 7.52. The summed E-state index contributed by atoms with van der Waals surface area (Å²) in [6.07, 6.45) is 4.25. The molecule has 0 aliphatic carbocycles. The molecule has 2 heterocycles. The number of rotatable bonds is 4. The first-order valence-electron chi connectivity index (χ1n) is 14.4. The Balaban J connectivity index is 1.24. The standard InChI is InChI=1S/C40H28N2/c1-2-8-27(9-3-1)33-21-22-36-37(26-38(42-39(36)25-33)34-20-15-28-10-4-5-11-32(28)24-34)30-18-16-29(17-19-30)35-14-6-12-31-13-7-23-41-40(31)35/h1-26,38,42H. The molecule has 2 heteroatoms. The Morgan fingerprint density at radius 2 is 1.21 bits per heavy atom. The van der Waals surface area contributed by atoms with E-state index in [1.807, 2.05) is 12.3 Å². The molecule has 0 saturated heterocycles. The Kier molecular flexibility index (Phi) is 5.89. The lowest BCUT2D eigenvalue weighted by atomic mass is 9.87. The van der Waals surface area contributed by atoms with Crippen molar-refractivity contribution in [3.05, 3.63) is 175 Å². The van der Waals surface area contributed by atoms with E-state index < -0.39 is 0 Å². The van der Waals surface area contributed by atoms with E-state index in [0.29, 0.717) is 0 Å². The molecule has 1 aliphatic heterocycles. The van der Waals surface area contributed by atoms with Crippen LogP contribution >= 0.6 is 0 Å². The number of nitrogens with one attached hydrogen (secondary N) is 1. The fourth-order valence-electron chi connectivity index (χ4n) is 6.17. The molecule has 0 spiro atoms. The maximum absolute atomic E-state index is 4.68. The monoisotopic (exact) mass is 536 g/mol. The Morgan fingerprint density at radius 1 is 0.476 bits per heavy atom. The maximum atomic E-state index is 4.68. The molecule has 1 atom stereocenters. The third kappa shape index (κ3) is 4.34. The second kappa shape index (κ2) is 10.2. The van der Waals surface area contributed by atoms with E-state index in [-0.39, 0.29) is 6.04 Å². The van der Waals surface area contributed by atoms with Gasteiger partial charge in [-0.3, -0.25) is 4.98 Å². The Labute approximate surface area is 245 Å². The van der Waals surface area contributed by atoms with Crippen LogP contribution in [0.4, 0.5) is 5.69 Å². The zero-order chi connectivity index (χ0) is 27.9. The molecule has 0 amide bonds. The second-order valence-electron chi connectivity index (χ2n) is 10.9. The average molecular weight is 537 g/mol. The van der Waals surface area contributed by atoms with Crippen LogP contribution in [0.5, 0.6) is 0 Å². The van der Waals surface area contributed by atoms with E-state index in [9.17, 15) is 0 Å². The van der Waals surface area contributed by atoms with Crippen molar-refractivity contribution in [1.82, 2.24) is 4.98 Å². The number of benzene rings is 6. The molecule has 42 heavy (non-hydrogen) atoms. The number of fused-ring (bicyclic) bond motifs is 3. The van der Waals surface area contributed by atoms with Gasteiger partial charge in [-0.25, -0.2) is 0 Å². The van der Waals surface area contributed by atoms with Crippen molar-refractivity contribution < 1.29 is 0 Å². The minimum absolute atomic E-state index is 0.0464. The molecule has 0 saturated carbocycles. The van der Waals surface area contributed by atoms with Crippen LogP contribution in [0.2, 0.25) is 0 Å². The summed E-state index contributed by atoms with van der Waals surface area (Å²) in [5.41, 5.74) is 11.8. The van der Waals surface area contributed by atoms with Crippen LogP contribution in [0.3, 0.4) is 0 Å². The SMILES string of the molecule is C1=C(c2ccc(-c3cccc4cccnc34)cc2)c2ccc(-c3ccccc3)cc2NC1c1ccc2ccccc2c1. The number of aromatic nitrogens is 1. The van der Waals surface area contributed by atoms with Crippen molar-refractivity contribution in [3.8, 4) is 22.3 Å². The van der Waals surface area contributed by atoms with E-state index in [1.54, 1.807) is 0 Å². The number of para-hydroxylation sites is 1. The highest BCUT2D eigenvalue weighted by Gasteiger charge is 2.22. The molecule has 1 aromatic heterocycles. The molecule has 0 radical (unpaired) electrons. The van der Waals surface area contributed by atoms with Crippen LogP contribution in [-0.4, -0.2) is 4.98 Å². The maximum Gasteiger partial charge on any atom is 0.0780 e. The molecule has 2 nitrogen and oxygen atoms in total. The largest absolute Gasteiger partial charge is 0.374 e. The number of nitrogens with zero attached hydrogens (tertiary/aromatic N) is 1. The second-order valence-corrected chi connectivity index (χ2v) is 10.9. The van der Waals surface area contributed by atoms with Crippen LogP contribution in [0.15, 0.2) is 158 Å². The molecule has 198 valence electrons. The van der Waals surface area contributed by atoms with Crippen molar-refractivity contribution in [2.24, 2.45) is 0 Å². The highest BCUT2D eigenvalue weighted by Crippen LogP contribution is 2.41. The van der Waals surface area contributed by atoms with E-state index in [4.69, 9.17) is 0 Å². The van der Waals surface area contributed by atoms with Crippen molar-refractivity contribution in [3.63, 3.8) is 0 Å². The first kappa shape index (κ1) is 24.3. The number of hydrogen-bond acceptors (Lipinski definition) is 2. The molecule has 0 fully saturated rings. The quantitative estimate of drug-likeness (QED) is 0.242. The Hall–Kier alpha value is -5.47. The number of pyridine rings is 1. The van der Waals surface area contributed by atoms with E-state index in [0.717, 1.165) is 22.2 Å². The predicted molar refractivity (Wildman–Crippen MR) is 176 cm³/mol. The summed E-state index contributed by atoms with van der Waals surface area (Å²) < 4.78 is 0. The highest BCUT2D eigenvalue weighted by molar-refractivity contribution is 5.95. The van der Waals surface area contributed by atoms with Crippen molar-refractivity contribution in [2.45, 2.75) is 6.04 Å². The smallest absolute Gasteiger partial charge is 0.0780 e. The highest BCUT2D eigenvalue weighted by atomic mass is 14.9. The zero-order valence-electron chi connectivity index (χ0n) is 23.0. The third-order valence-electron chi connectivity index (χ3n) is 8.33. The minimum Gasteiger partial charge on any atom is -0.374 e. The first-order chi connectivity index (χ1) is 20.8. The van der Waals surface area contributed by atoms with Gasteiger partial charge in [0.2, 0.25) is 0 Å². The Morgan fingerprint density at radius 3 is 2.10 bits per heavy atom. The van der Waals surface area contributed by atoms with E-state index in [2.05, 4.69) is 156 Å². The van der Waals surface area contributed by atoms with Gasteiger partial charge in [-0.1, -0.05) is 127 Å². The molecule has 1 N–H and O–H groups in total. The van der Waals surface area contributed by atoms with Gasteiger partial charge in [0.05, 0.1) is 11.6 Å². The van der Waals surface area contributed by atoms with Gasteiger partial charge >= 0.3 is 0 Å².